The van der Waals surface area contributed by atoms with Gasteiger partial charge in [0.25, 0.3) is 15.9 Å². The Labute approximate surface area is 242 Å². The fourth-order valence-corrected chi connectivity index (χ4v) is 5.55. The van der Waals surface area contributed by atoms with Crippen LogP contribution in [0.3, 0.4) is 0 Å². The van der Waals surface area contributed by atoms with Gasteiger partial charge in [0.2, 0.25) is 0 Å². The number of nitrogens with one attached hydrogen (secondary N) is 1. The molecule has 0 aliphatic heterocycles. The zero-order chi connectivity index (χ0) is 28.5. The molecule has 0 aliphatic rings. The van der Waals surface area contributed by atoms with Crippen LogP contribution in [0.25, 0.3) is 0 Å². The van der Waals surface area contributed by atoms with Crippen molar-refractivity contribution < 1.29 is 22.7 Å². The SMILES string of the molecule is COc1cc(/C=N\NC(=O)CN(c2cccc(Br)c2)S(=O)(=O)c2ccc(C)cc2)ccc1OCc1ccccc1. The van der Waals surface area contributed by atoms with Crippen LogP contribution in [0.4, 0.5) is 5.69 Å². The number of carbonyl (C=O) groups is 1. The Bertz CT molecular complexity index is 1590. The molecule has 0 heterocycles. The summed E-state index contributed by atoms with van der Waals surface area (Å²) >= 11 is 3.37. The molecule has 8 nitrogen and oxygen atoms in total. The molecule has 1 N–H and O–H groups in total. The van der Waals surface area contributed by atoms with Gasteiger partial charge in [0, 0.05) is 4.47 Å². The standard InChI is InChI=1S/C30H28BrN3O5S/c1-22-11-14-27(15-12-22)40(36,37)34(26-10-6-9-25(31)18-26)20-30(35)33-32-19-24-13-16-28(29(17-24)38-2)39-21-23-7-4-3-5-8-23/h3-19H,20-21H2,1-2H3,(H,33,35)/b32-19-. The van der Waals surface area contributed by atoms with E-state index in [1.165, 1.54) is 18.3 Å². The molecule has 0 spiro atoms. The van der Waals surface area contributed by atoms with Crippen molar-refractivity contribution in [3.63, 3.8) is 0 Å². The van der Waals surface area contributed by atoms with Gasteiger partial charge in [0.05, 0.1) is 23.9 Å². The Morgan fingerprint density at radius 1 is 0.950 bits per heavy atom. The number of halogens is 1. The average molecular weight is 623 g/mol. The van der Waals surface area contributed by atoms with Crippen molar-refractivity contribution in [2.24, 2.45) is 5.10 Å². The first-order chi connectivity index (χ1) is 19.3. The number of aryl methyl sites for hydroxylation is 1. The minimum Gasteiger partial charge on any atom is -0.493 e. The van der Waals surface area contributed by atoms with Gasteiger partial charge in [-0.25, -0.2) is 13.8 Å². The van der Waals surface area contributed by atoms with Crippen LogP contribution in [0, 0.1) is 6.92 Å². The Morgan fingerprint density at radius 2 is 1.70 bits per heavy atom. The van der Waals surface area contributed by atoms with E-state index in [0.717, 1.165) is 15.4 Å². The first kappa shape index (κ1) is 28.8. The van der Waals surface area contributed by atoms with Crippen molar-refractivity contribution in [3.05, 3.63) is 118 Å². The summed E-state index contributed by atoms with van der Waals surface area (Å²) in [7, 11) is -2.49. The van der Waals surface area contributed by atoms with E-state index in [9.17, 15) is 13.2 Å². The fraction of sp³-hybridized carbons (Fsp3) is 0.133. The molecule has 0 radical (unpaired) electrons. The van der Waals surface area contributed by atoms with E-state index in [0.29, 0.717) is 33.8 Å². The fourth-order valence-electron chi connectivity index (χ4n) is 3.75. The summed E-state index contributed by atoms with van der Waals surface area (Å²) in [5.41, 5.74) is 5.36. The second-order valence-corrected chi connectivity index (χ2v) is 11.6. The third-order valence-corrected chi connectivity index (χ3v) is 8.10. The summed E-state index contributed by atoms with van der Waals surface area (Å²) in [6.07, 6.45) is 1.44. The number of ether oxygens (including phenoxy) is 2. The Kier molecular flexibility index (Phi) is 9.57. The number of methoxy groups -OCH3 is 1. The highest BCUT2D eigenvalue weighted by Crippen LogP contribution is 2.29. The minimum atomic E-state index is -4.03. The second-order valence-electron chi connectivity index (χ2n) is 8.78. The molecule has 0 aromatic heterocycles. The molecule has 0 saturated carbocycles. The molecule has 4 aromatic carbocycles. The molecule has 4 aromatic rings. The van der Waals surface area contributed by atoms with Gasteiger partial charge in [0.15, 0.2) is 11.5 Å². The normalized spacial score (nSPS) is 11.3. The molecular weight excluding hydrogens is 594 g/mol. The van der Waals surface area contributed by atoms with Crippen molar-refractivity contribution in [2.45, 2.75) is 18.4 Å². The highest BCUT2D eigenvalue weighted by Gasteiger charge is 2.27. The van der Waals surface area contributed by atoms with Crippen LogP contribution in [0.15, 0.2) is 112 Å². The van der Waals surface area contributed by atoms with Gasteiger partial charge in [0.1, 0.15) is 13.2 Å². The molecular formula is C30H28BrN3O5S. The number of hydrazone groups is 1. The maximum Gasteiger partial charge on any atom is 0.264 e. The number of sulfonamides is 1. The van der Waals surface area contributed by atoms with E-state index in [1.54, 1.807) is 61.7 Å². The van der Waals surface area contributed by atoms with Gasteiger partial charge in [-0.15, -0.1) is 0 Å². The number of hydrogen-bond donors (Lipinski definition) is 1. The lowest BCUT2D eigenvalue weighted by atomic mass is 10.2. The van der Waals surface area contributed by atoms with E-state index >= 15 is 0 Å². The highest BCUT2D eigenvalue weighted by molar-refractivity contribution is 9.10. The van der Waals surface area contributed by atoms with Gasteiger partial charge in [-0.05, 0) is 66.6 Å². The van der Waals surface area contributed by atoms with Crippen LogP contribution in [0.2, 0.25) is 0 Å². The Balaban J connectivity index is 1.46. The summed E-state index contributed by atoms with van der Waals surface area (Å²) in [5.74, 6) is 0.469. The number of rotatable bonds is 11. The summed E-state index contributed by atoms with van der Waals surface area (Å²) in [6, 6.07) is 28.2. The first-order valence-corrected chi connectivity index (χ1v) is 14.5. The largest absolute Gasteiger partial charge is 0.493 e. The minimum absolute atomic E-state index is 0.0797. The molecule has 0 fully saturated rings. The lowest BCUT2D eigenvalue weighted by Crippen LogP contribution is -2.39. The summed E-state index contributed by atoms with van der Waals surface area (Å²) < 4.78 is 40.1. The van der Waals surface area contributed by atoms with Gasteiger partial charge in [-0.3, -0.25) is 9.10 Å². The highest BCUT2D eigenvalue weighted by atomic mass is 79.9. The third kappa shape index (κ3) is 7.49. The number of carbonyl (C=O) groups excluding carboxylic acids is 1. The van der Waals surface area contributed by atoms with Crippen molar-refractivity contribution in [2.75, 3.05) is 18.0 Å². The van der Waals surface area contributed by atoms with Gasteiger partial charge in [-0.1, -0.05) is 70.0 Å². The molecule has 0 saturated heterocycles. The van der Waals surface area contributed by atoms with Crippen molar-refractivity contribution in [1.82, 2.24) is 5.43 Å². The summed E-state index contributed by atoms with van der Waals surface area (Å²) in [5, 5.41) is 4.02. The number of amides is 1. The Hall–Kier alpha value is -4.15. The summed E-state index contributed by atoms with van der Waals surface area (Å²) in [6.45, 7) is 1.79. The maximum absolute atomic E-state index is 13.5. The van der Waals surface area contributed by atoms with Crippen LogP contribution in [-0.2, 0) is 21.4 Å². The van der Waals surface area contributed by atoms with Crippen molar-refractivity contribution >= 4 is 43.8 Å². The van der Waals surface area contributed by atoms with Gasteiger partial charge < -0.3 is 9.47 Å². The van der Waals surface area contributed by atoms with Crippen LogP contribution in [-0.4, -0.2) is 34.2 Å². The van der Waals surface area contributed by atoms with Gasteiger partial charge in [-0.2, -0.15) is 5.10 Å². The molecule has 206 valence electrons. The topological polar surface area (TPSA) is 97.3 Å². The first-order valence-electron chi connectivity index (χ1n) is 12.3. The van der Waals surface area contributed by atoms with Crippen LogP contribution in [0.5, 0.6) is 11.5 Å². The smallest absolute Gasteiger partial charge is 0.264 e. The third-order valence-electron chi connectivity index (χ3n) is 5.82. The van der Waals surface area contributed by atoms with E-state index in [4.69, 9.17) is 9.47 Å². The molecule has 0 bridgehead atoms. The van der Waals surface area contributed by atoms with E-state index in [1.807, 2.05) is 37.3 Å². The second kappa shape index (κ2) is 13.3. The number of nitrogens with zero attached hydrogens (tertiary/aromatic N) is 2. The van der Waals surface area contributed by atoms with Crippen molar-refractivity contribution in [1.29, 1.82) is 0 Å². The van der Waals surface area contributed by atoms with E-state index < -0.39 is 22.5 Å². The van der Waals surface area contributed by atoms with Gasteiger partial charge >= 0.3 is 0 Å². The van der Waals surface area contributed by atoms with E-state index in [2.05, 4.69) is 26.5 Å². The van der Waals surface area contributed by atoms with Crippen LogP contribution >= 0.6 is 15.9 Å². The molecule has 40 heavy (non-hydrogen) atoms. The zero-order valence-electron chi connectivity index (χ0n) is 22.0. The molecule has 10 heteroatoms. The predicted molar refractivity (Wildman–Crippen MR) is 159 cm³/mol. The maximum atomic E-state index is 13.5. The zero-order valence-corrected chi connectivity index (χ0v) is 24.4. The predicted octanol–water partition coefficient (Wildman–Crippen LogP) is 5.69. The molecule has 0 atom stereocenters. The average Bonchev–Trinajstić information content (AvgIpc) is 2.95. The lowest BCUT2D eigenvalue weighted by molar-refractivity contribution is -0.119. The molecule has 0 aliphatic carbocycles. The van der Waals surface area contributed by atoms with Crippen molar-refractivity contribution in [3.8, 4) is 11.5 Å². The molecule has 0 unspecified atom stereocenters. The van der Waals surface area contributed by atoms with Crippen LogP contribution < -0.4 is 19.2 Å². The lowest BCUT2D eigenvalue weighted by Gasteiger charge is -2.24. The number of hydrogen-bond acceptors (Lipinski definition) is 6. The number of benzene rings is 4. The van der Waals surface area contributed by atoms with Crippen LogP contribution in [0.1, 0.15) is 16.7 Å². The molecule has 4 rings (SSSR count). The monoisotopic (exact) mass is 621 g/mol. The number of anilines is 1. The Morgan fingerprint density at radius 3 is 2.40 bits per heavy atom. The summed E-state index contributed by atoms with van der Waals surface area (Å²) in [4.78, 5) is 12.9. The van der Waals surface area contributed by atoms with E-state index in [-0.39, 0.29) is 4.90 Å². The molecule has 1 amide bonds. The quantitative estimate of drug-likeness (QED) is 0.171.